The lowest BCUT2D eigenvalue weighted by Gasteiger charge is -2.14. The molecule has 0 rings (SSSR count). The van der Waals surface area contributed by atoms with Gasteiger partial charge in [0.05, 0.1) is 12.7 Å². The van der Waals surface area contributed by atoms with Gasteiger partial charge in [-0.2, -0.15) is 0 Å². The minimum Gasteiger partial charge on any atom is -0.389 e. The minimum atomic E-state index is -0.425. The zero-order chi connectivity index (χ0) is 10.8. The normalized spacial score (nSPS) is 15.4. The van der Waals surface area contributed by atoms with Crippen LogP contribution in [0.15, 0.2) is 0 Å². The largest absolute Gasteiger partial charge is 0.389 e. The number of aliphatic hydroxyl groups excluding tert-OH is 1. The highest BCUT2D eigenvalue weighted by molar-refractivity contribution is 4.58. The fourth-order valence-electron chi connectivity index (χ4n) is 0.953. The van der Waals surface area contributed by atoms with Gasteiger partial charge in [-0.05, 0) is 5.92 Å². The molecule has 0 aromatic carbocycles. The molecule has 2 atom stereocenters. The van der Waals surface area contributed by atoms with Crippen LogP contribution in [0.3, 0.4) is 0 Å². The first-order valence-corrected chi connectivity index (χ1v) is 5.37. The third kappa shape index (κ3) is 8.44. The molecular formula is C10H24N2O2. The van der Waals surface area contributed by atoms with E-state index in [9.17, 15) is 5.11 Å². The first-order chi connectivity index (χ1) is 6.70. The number of nitrogens with two attached hydrogens (primary N) is 1. The summed E-state index contributed by atoms with van der Waals surface area (Å²) in [5, 5.41) is 12.5. The van der Waals surface area contributed by atoms with Gasteiger partial charge in [-0.3, -0.25) is 0 Å². The van der Waals surface area contributed by atoms with Gasteiger partial charge in [0, 0.05) is 26.2 Å². The smallest absolute Gasteiger partial charge is 0.0897 e. The number of rotatable bonds is 9. The molecule has 0 aliphatic carbocycles. The Morgan fingerprint density at radius 3 is 2.71 bits per heavy atom. The molecule has 86 valence electrons. The minimum absolute atomic E-state index is 0.405. The van der Waals surface area contributed by atoms with Gasteiger partial charge in [0.1, 0.15) is 0 Å². The third-order valence-corrected chi connectivity index (χ3v) is 2.11. The maximum atomic E-state index is 9.43. The molecule has 0 heterocycles. The lowest BCUT2D eigenvalue weighted by molar-refractivity contribution is 0.0236. The lowest BCUT2D eigenvalue weighted by Crippen LogP contribution is -2.33. The van der Waals surface area contributed by atoms with Gasteiger partial charge < -0.3 is 20.9 Å². The van der Waals surface area contributed by atoms with Crippen molar-refractivity contribution in [1.82, 2.24) is 5.32 Å². The van der Waals surface area contributed by atoms with Gasteiger partial charge in [-0.25, -0.2) is 0 Å². The quantitative estimate of drug-likeness (QED) is 0.461. The van der Waals surface area contributed by atoms with Gasteiger partial charge in [-0.15, -0.1) is 0 Å². The summed E-state index contributed by atoms with van der Waals surface area (Å²) < 4.78 is 5.36. The molecule has 0 bridgehead atoms. The summed E-state index contributed by atoms with van der Waals surface area (Å²) in [6.07, 6.45) is 0.687. The van der Waals surface area contributed by atoms with Crippen molar-refractivity contribution in [3.8, 4) is 0 Å². The zero-order valence-electron chi connectivity index (χ0n) is 9.33. The molecule has 0 saturated carbocycles. The molecule has 0 aromatic rings. The third-order valence-electron chi connectivity index (χ3n) is 2.11. The van der Waals surface area contributed by atoms with Gasteiger partial charge in [0.25, 0.3) is 0 Å². The maximum Gasteiger partial charge on any atom is 0.0897 e. The van der Waals surface area contributed by atoms with Crippen LogP contribution in [0.2, 0.25) is 0 Å². The average Bonchev–Trinajstić information content (AvgIpc) is 2.18. The van der Waals surface area contributed by atoms with Gasteiger partial charge in [0.15, 0.2) is 0 Å². The van der Waals surface area contributed by atoms with Crippen molar-refractivity contribution in [2.45, 2.75) is 26.4 Å². The number of nitrogens with one attached hydrogen (secondary N) is 1. The second kappa shape index (κ2) is 9.40. The molecule has 0 spiro atoms. The Hall–Kier alpha value is -0.160. The van der Waals surface area contributed by atoms with Crippen molar-refractivity contribution in [2.24, 2.45) is 11.7 Å². The number of aliphatic hydroxyl groups is 1. The fourth-order valence-corrected chi connectivity index (χ4v) is 0.953. The van der Waals surface area contributed by atoms with Crippen LogP contribution in [-0.2, 0) is 4.74 Å². The van der Waals surface area contributed by atoms with Crippen molar-refractivity contribution in [2.75, 3.05) is 32.8 Å². The molecule has 0 aliphatic heterocycles. The molecule has 4 heteroatoms. The van der Waals surface area contributed by atoms with E-state index in [1.54, 1.807) is 0 Å². The summed E-state index contributed by atoms with van der Waals surface area (Å²) in [5.41, 5.74) is 5.30. The van der Waals surface area contributed by atoms with E-state index in [4.69, 9.17) is 10.5 Å². The highest BCUT2D eigenvalue weighted by Crippen LogP contribution is 2.00. The van der Waals surface area contributed by atoms with Crippen LogP contribution in [0.25, 0.3) is 0 Å². The summed E-state index contributed by atoms with van der Waals surface area (Å²) in [4.78, 5) is 0. The molecule has 0 saturated heterocycles. The number of hydrogen-bond donors (Lipinski definition) is 3. The van der Waals surface area contributed by atoms with Crippen LogP contribution in [0.4, 0.5) is 0 Å². The van der Waals surface area contributed by atoms with Crippen molar-refractivity contribution in [3.63, 3.8) is 0 Å². The van der Waals surface area contributed by atoms with Crippen LogP contribution in [0.1, 0.15) is 20.3 Å². The van der Waals surface area contributed by atoms with E-state index in [2.05, 4.69) is 19.2 Å². The van der Waals surface area contributed by atoms with Crippen LogP contribution in [-0.4, -0.2) is 44.1 Å². The Morgan fingerprint density at radius 1 is 1.43 bits per heavy atom. The summed E-state index contributed by atoms with van der Waals surface area (Å²) in [6, 6.07) is 0. The van der Waals surface area contributed by atoms with E-state index in [1.165, 1.54) is 0 Å². The molecular weight excluding hydrogens is 180 g/mol. The topological polar surface area (TPSA) is 67.5 Å². The highest BCUT2D eigenvalue weighted by Gasteiger charge is 2.04. The second-order valence-corrected chi connectivity index (χ2v) is 3.70. The van der Waals surface area contributed by atoms with Crippen LogP contribution in [0.5, 0.6) is 0 Å². The monoisotopic (exact) mass is 204 g/mol. The first kappa shape index (κ1) is 13.8. The van der Waals surface area contributed by atoms with E-state index in [-0.39, 0.29) is 0 Å². The molecule has 4 nitrogen and oxygen atoms in total. The summed E-state index contributed by atoms with van der Waals surface area (Å²) in [7, 11) is 0. The average molecular weight is 204 g/mol. The standard InChI is InChI=1S/C10H24N2O2/c1-3-9(2)7-14-8-10(13)6-12-5-4-11/h9-10,12-13H,3-8,11H2,1-2H3/t9-,10+/m0/s1. The second-order valence-electron chi connectivity index (χ2n) is 3.70. The van der Waals surface area contributed by atoms with Crippen molar-refractivity contribution in [3.05, 3.63) is 0 Å². The molecule has 4 N–H and O–H groups in total. The Kier molecular flexibility index (Phi) is 9.29. The van der Waals surface area contributed by atoms with Crippen LogP contribution >= 0.6 is 0 Å². The van der Waals surface area contributed by atoms with Crippen LogP contribution in [0, 0.1) is 5.92 Å². The first-order valence-electron chi connectivity index (χ1n) is 5.37. The Labute approximate surface area is 86.8 Å². The summed E-state index contributed by atoms with van der Waals surface area (Å²) in [5.74, 6) is 0.569. The van der Waals surface area contributed by atoms with Crippen molar-refractivity contribution < 1.29 is 9.84 Å². The van der Waals surface area contributed by atoms with Gasteiger partial charge in [0.2, 0.25) is 0 Å². The van der Waals surface area contributed by atoms with E-state index in [1.807, 2.05) is 0 Å². The van der Waals surface area contributed by atoms with Crippen molar-refractivity contribution >= 4 is 0 Å². The lowest BCUT2D eigenvalue weighted by atomic mass is 10.1. The van der Waals surface area contributed by atoms with Gasteiger partial charge >= 0.3 is 0 Å². The van der Waals surface area contributed by atoms with E-state index in [0.29, 0.717) is 25.6 Å². The predicted molar refractivity (Wildman–Crippen MR) is 58.2 cm³/mol. The summed E-state index contributed by atoms with van der Waals surface area (Å²) in [6.45, 7) is 7.29. The molecule has 0 unspecified atom stereocenters. The number of hydrogen-bond acceptors (Lipinski definition) is 4. The number of ether oxygens (including phenoxy) is 1. The molecule has 0 fully saturated rings. The molecule has 0 radical (unpaired) electrons. The van der Waals surface area contributed by atoms with Gasteiger partial charge in [-0.1, -0.05) is 20.3 Å². The molecule has 0 aliphatic rings. The maximum absolute atomic E-state index is 9.43. The SMILES string of the molecule is CC[C@H](C)COC[C@H](O)CNCCN. The molecule has 0 amide bonds. The molecule has 0 aromatic heterocycles. The van der Waals surface area contributed by atoms with E-state index in [0.717, 1.165) is 19.6 Å². The van der Waals surface area contributed by atoms with E-state index >= 15 is 0 Å². The van der Waals surface area contributed by atoms with Crippen molar-refractivity contribution in [1.29, 1.82) is 0 Å². The zero-order valence-corrected chi connectivity index (χ0v) is 9.33. The van der Waals surface area contributed by atoms with E-state index < -0.39 is 6.10 Å². The van der Waals surface area contributed by atoms with Crippen LogP contribution < -0.4 is 11.1 Å². The Bertz CT molecular complexity index is 123. The molecule has 14 heavy (non-hydrogen) atoms. The highest BCUT2D eigenvalue weighted by atomic mass is 16.5. The fraction of sp³-hybridized carbons (Fsp3) is 1.00. The Balaban J connectivity index is 3.21. The summed E-state index contributed by atoms with van der Waals surface area (Å²) >= 11 is 0. The Morgan fingerprint density at radius 2 is 2.14 bits per heavy atom. The predicted octanol–water partition coefficient (Wildman–Crippen LogP) is -0.0417.